The Hall–Kier alpha value is -1.64. The van der Waals surface area contributed by atoms with Crippen LogP contribution in [-0.2, 0) is 23.8 Å². The summed E-state index contributed by atoms with van der Waals surface area (Å²) in [6.07, 6.45) is 0.749. The molecule has 0 bridgehead atoms. The van der Waals surface area contributed by atoms with Gasteiger partial charge in [-0.25, -0.2) is 4.79 Å². The highest BCUT2D eigenvalue weighted by atomic mass is 32.2. The van der Waals surface area contributed by atoms with Gasteiger partial charge in [0.1, 0.15) is 35.8 Å². The number of amides is 2. The molecule has 10 unspecified atom stereocenters. The highest BCUT2D eigenvalue weighted by Gasteiger charge is 2.44. The molecule has 2 saturated heterocycles. The molecule has 2 fully saturated rings. The van der Waals surface area contributed by atoms with Gasteiger partial charge in [-0.2, -0.15) is 0 Å². The molecule has 0 aliphatic carbocycles. The van der Waals surface area contributed by atoms with E-state index in [4.69, 9.17) is 19.9 Å². The summed E-state index contributed by atoms with van der Waals surface area (Å²) in [5, 5.41) is 33.5. The van der Waals surface area contributed by atoms with Gasteiger partial charge in [0.15, 0.2) is 0 Å². The third kappa shape index (κ3) is 9.45. The first-order chi connectivity index (χ1) is 18.9. The van der Waals surface area contributed by atoms with Crippen LogP contribution in [0, 0.1) is 17.8 Å². The summed E-state index contributed by atoms with van der Waals surface area (Å²) in [5.74, 6) is -0.880. The molecule has 0 aromatic rings. The summed E-state index contributed by atoms with van der Waals surface area (Å²) >= 11 is 1.25. The van der Waals surface area contributed by atoms with Gasteiger partial charge in [0.2, 0.25) is 12.7 Å². The van der Waals surface area contributed by atoms with Crippen molar-refractivity contribution in [2.24, 2.45) is 23.5 Å². The lowest BCUT2D eigenvalue weighted by Gasteiger charge is -2.41. The van der Waals surface area contributed by atoms with Crippen molar-refractivity contribution in [2.75, 3.05) is 26.1 Å². The van der Waals surface area contributed by atoms with Crippen LogP contribution in [0.3, 0.4) is 0 Å². The smallest absolute Gasteiger partial charge is 0.413 e. The molecule has 2 aliphatic heterocycles. The van der Waals surface area contributed by atoms with Gasteiger partial charge in [0, 0.05) is 13.1 Å². The molecular formula is C27H49N3O9S. The quantitative estimate of drug-likeness (QED) is 0.153. The van der Waals surface area contributed by atoms with Crippen molar-refractivity contribution in [3.05, 3.63) is 0 Å². The summed E-state index contributed by atoms with van der Waals surface area (Å²) in [6.45, 7) is 7.73. The standard InChI is InChI=1S/C27H49N3O9S/c1-6-8-17-9-10-30(27(36)38-14-37-25(35)20(28)16(4)7-2)18(12-17)24(34)29-13-15(3)11-19-21(31)22(32)23(33)26(39-19)40-5/h15-23,26,31-33H,6-14,28H2,1-5H3,(H,29,34). The first-order valence-corrected chi connectivity index (χ1v) is 15.6. The van der Waals surface area contributed by atoms with Crippen LogP contribution in [-0.4, -0.2) is 106 Å². The van der Waals surface area contributed by atoms with E-state index in [0.29, 0.717) is 25.8 Å². The van der Waals surface area contributed by atoms with Gasteiger partial charge in [-0.3, -0.25) is 14.5 Å². The number of carbonyl (C=O) groups excluding carboxylic acids is 3. The topological polar surface area (TPSA) is 181 Å². The fourth-order valence-corrected chi connectivity index (χ4v) is 5.85. The normalized spacial score (nSPS) is 31.1. The first-order valence-electron chi connectivity index (χ1n) is 14.3. The van der Waals surface area contributed by atoms with Crippen molar-refractivity contribution < 1.29 is 43.9 Å². The van der Waals surface area contributed by atoms with Crippen LogP contribution in [0.15, 0.2) is 0 Å². The number of thioether (sulfide) groups is 1. The van der Waals surface area contributed by atoms with Gasteiger partial charge in [0.05, 0.1) is 6.10 Å². The molecule has 13 heteroatoms. The Labute approximate surface area is 241 Å². The fourth-order valence-electron chi connectivity index (χ4n) is 5.16. The van der Waals surface area contributed by atoms with Crippen LogP contribution < -0.4 is 11.1 Å². The zero-order valence-corrected chi connectivity index (χ0v) is 25.2. The molecular weight excluding hydrogens is 542 g/mol. The molecule has 0 aromatic carbocycles. The van der Waals surface area contributed by atoms with Crippen molar-refractivity contribution in [3.8, 4) is 0 Å². The summed E-state index contributed by atoms with van der Waals surface area (Å²) < 4.78 is 16.0. The number of hydrogen-bond acceptors (Lipinski definition) is 11. The van der Waals surface area contributed by atoms with Crippen molar-refractivity contribution in [2.45, 2.75) is 108 Å². The maximum Gasteiger partial charge on any atom is 0.413 e. The molecule has 0 saturated carbocycles. The molecule has 6 N–H and O–H groups in total. The Balaban J connectivity index is 1.94. The Kier molecular flexibility index (Phi) is 14.4. The Bertz CT molecular complexity index is 820. The van der Waals surface area contributed by atoms with E-state index in [0.717, 1.165) is 19.3 Å². The van der Waals surface area contributed by atoms with Gasteiger partial charge < -0.3 is 40.6 Å². The van der Waals surface area contributed by atoms with Crippen LogP contribution >= 0.6 is 11.8 Å². The number of ether oxygens (including phenoxy) is 3. The second-order valence-corrected chi connectivity index (χ2v) is 12.1. The van der Waals surface area contributed by atoms with Gasteiger partial charge >= 0.3 is 12.1 Å². The minimum atomic E-state index is -1.32. The lowest BCUT2D eigenvalue weighted by atomic mass is 9.87. The lowest BCUT2D eigenvalue weighted by Crippen LogP contribution is -2.57. The summed E-state index contributed by atoms with van der Waals surface area (Å²) in [5.41, 5.74) is 5.20. The summed E-state index contributed by atoms with van der Waals surface area (Å²) in [4.78, 5) is 39.6. The lowest BCUT2D eigenvalue weighted by molar-refractivity contribution is -0.201. The molecule has 10 atom stereocenters. The SMILES string of the molecule is CCCC1CCN(C(=O)OCOC(=O)C(N)C(C)CC)C(C(=O)NCC(C)CC2OC(SC)C(O)C(O)C2O)C1. The van der Waals surface area contributed by atoms with Crippen LogP contribution in [0.4, 0.5) is 4.79 Å². The molecule has 0 radical (unpaired) electrons. The number of piperidine rings is 1. The van der Waals surface area contributed by atoms with Crippen LogP contribution in [0.25, 0.3) is 0 Å². The van der Waals surface area contributed by atoms with Crippen molar-refractivity contribution >= 4 is 29.7 Å². The minimum absolute atomic E-state index is 0.0761. The number of rotatable bonds is 13. The van der Waals surface area contributed by atoms with E-state index in [1.807, 2.05) is 20.8 Å². The van der Waals surface area contributed by atoms with Crippen molar-refractivity contribution in [3.63, 3.8) is 0 Å². The van der Waals surface area contributed by atoms with Crippen LogP contribution in [0.5, 0.6) is 0 Å². The number of nitrogens with two attached hydrogens (primary N) is 1. The Morgan fingerprint density at radius 3 is 2.45 bits per heavy atom. The highest BCUT2D eigenvalue weighted by Crippen LogP contribution is 2.30. The second kappa shape index (κ2) is 16.7. The van der Waals surface area contributed by atoms with Gasteiger partial charge in [-0.15, -0.1) is 11.8 Å². The third-order valence-corrected chi connectivity index (χ3v) is 8.87. The predicted octanol–water partition coefficient (Wildman–Crippen LogP) is 1.19. The first kappa shape index (κ1) is 34.6. The summed E-state index contributed by atoms with van der Waals surface area (Å²) in [6, 6.07) is -1.55. The van der Waals surface area contributed by atoms with Crippen molar-refractivity contribution in [1.29, 1.82) is 0 Å². The van der Waals surface area contributed by atoms with Gasteiger partial charge in [-0.1, -0.05) is 47.0 Å². The van der Waals surface area contributed by atoms with Crippen LogP contribution in [0.1, 0.15) is 66.2 Å². The average Bonchev–Trinajstić information content (AvgIpc) is 2.95. The largest absolute Gasteiger partial charge is 0.427 e. The predicted molar refractivity (Wildman–Crippen MR) is 150 cm³/mol. The highest BCUT2D eigenvalue weighted by molar-refractivity contribution is 7.99. The maximum atomic E-state index is 13.3. The number of nitrogens with one attached hydrogen (secondary N) is 1. The number of nitrogens with zero attached hydrogens (tertiary/aromatic N) is 1. The minimum Gasteiger partial charge on any atom is -0.427 e. The molecule has 2 rings (SSSR count). The maximum absolute atomic E-state index is 13.3. The monoisotopic (exact) mass is 591 g/mol. The average molecular weight is 592 g/mol. The number of hydrogen-bond donors (Lipinski definition) is 5. The van der Waals surface area contributed by atoms with Crippen molar-refractivity contribution in [1.82, 2.24) is 10.2 Å². The van der Waals surface area contributed by atoms with Gasteiger partial charge in [0.25, 0.3) is 0 Å². The molecule has 2 heterocycles. The van der Waals surface area contributed by atoms with E-state index in [2.05, 4.69) is 12.2 Å². The third-order valence-electron chi connectivity index (χ3n) is 8.02. The second-order valence-electron chi connectivity index (χ2n) is 11.1. The molecule has 0 aromatic heterocycles. The Morgan fingerprint density at radius 1 is 1.12 bits per heavy atom. The van der Waals surface area contributed by atoms with E-state index in [9.17, 15) is 29.7 Å². The zero-order chi connectivity index (χ0) is 30.0. The van der Waals surface area contributed by atoms with Crippen LogP contribution in [0.2, 0.25) is 0 Å². The van der Waals surface area contributed by atoms with E-state index >= 15 is 0 Å². The molecule has 2 amide bonds. The van der Waals surface area contributed by atoms with E-state index in [1.165, 1.54) is 16.7 Å². The number of likely N-dealkylation sites (tertiary alicyclic amines) is 1. The number of aliphatic hydroxyl groups excluding tert-OH is 3. The number of aliphatic hydroxyl groups is 3. The number of esters is 1. The Morgan fingerprint density at radius 2 is 1.82 bits per heavy atom. The molecule has 2 aliphatic rings. The van der Waals surface area contributed by atoms with E-state index < -0.39 is 60.8 Å². The van der Waals surface area contributed by atoms with E-state index in [-0.39, 0.29) is 30.2 Å². The fraction of sp³-hybridized carbons (Fsp3) is 0.889. The van der Waals surface area contributed by atoms with E-state index in [1.54, 1.807) is 6.26 Å². The molecule has 12 nitrogen and oxygen atoms in total. The molecule has 40 heavy (non-hydrogen) atoms. The molecule has 232 valence electrons. The van der Waals surface area contributed by atoms with Gasteiger partial charge in [-0.05, 0) is 43.3 Å². The zero-order valence-electron chi connectivity index (χ0n) is 24.4. The molecule has 0 spiro atoms. The number of carbonyl (C=O) groups is 3. The summed E-state index contributed by atoms with van der Waals surface area (Å²) in [7, 11) is 0.